The van der Waals surface area contributed by atoms with E-state index in [0.29, 0.717) is 22.3 Å². The first-order valence-corrected chi connectivity index (χ1v) is 6.69. The first-order valence-electron chi connectivity index (χ1n) is 6.69. The molecule has 0 bridgehead atoms. The third kappa shape index (κ3) is 2.54. The summed E-state index contributed by atoms with van der Waals surface area (Å²) < 4.78 is 0. The van der Waals surface area contributed by atoms with Crippen LogP contribution in [0.4, 0.5) is 0 Å². The van der Waals surface area contributed by atoms with Crippen molar-refractivity contribution in [3.05, 3.63) is 60.7 Å². The Hall–Kier alpha value is -3.14. The predicted molar refractivity (Wildman–Crippen MR) is 84.0 cm³/mol. The van der Waals surface area contributed by atoms with Gasteiger partial charge in [0, 0.05) is 11.1 Å². The third-order valence-corrected chi connectivity index (χ3v) is 3.43. The van der Waals surface area contributed by atoms with Gasteiger partial charge in [-0.15, -0.1) is 0 Å². The second-order valence-corrected chi connectivity index (χ2v) is 4.99. The fraction of sp³-hybridized carbons (Fsp3) is 0. The smallest absolute Gasteiger partial charge is 0.124 e. The van der Waals surface area contributed by atoms with Gasteiger partial charge in [-0.1, -0.05) is 24.3 Å². The lowest BCUT2D eigenvalue weighted by molar-refractivity contribution is 0.462. The number of phenols is 4. The molecule has 0 fully saturated rings. The van der Waals surface area contributed by atoms with Gasteiger partial charge in [-0.2, -0.15) is 0 Å². The largest absolute Gasteiger partial charge is 0.508 e. The molecule has 0 radical (unpaired) electrons. The molecule has 0 unspecified atom stereocenters. The van der Waals surface area contributed by atoms with Crippen LogP contribution >= 0.6 is 0 Å². The highest BCUT2D eigenvalue weighted by Gasteiger charge is 2.12. The van der Waals surface area contributed by atoms with Gasteiger partial charge in [0.2, 0.25) is 0 Å². The highest BCUT2D eigenvalue weighted by Crippen LogP contribution is 2.40. The van der Waals surface area contributed by atoms with Crippen LogP contribution in [0.3, 0.4) is 0 Å². The first-order chi connectivity index (χ1) is 10.5. The topological polar surface area (TPSA) is 80.9 Å². The van der Waals surface area contributed by atoms with Gasteiger partial charge in [0.15, 0.2) is 0 Å². The van der Waals surface area contributed by atoms with Gasteiger partial charge in [-0.25, -0.2) is 0 Å². The van der Waals surface area contributed by atoms with Crippen LogP contribution in [0.25, 0.3) is 22.3 Å². The van der Waals surface area contributed by atoms with E-state index in [0.717, 1.165) is 0 Å². The molecule has 0 saturated carbocycles. The van der Waals surface area contributed by atoms with Crippen LogP contribution in [0.1, 0.15) is 0 Å². The summed E-state index contributed by atoms with van der Waals surface area (Å²) in [5.74, 6) is 0.102. The Morgan fingerprint density at radius 3 is 1.27 bits per heavy atom. The van der Waals surface area contributed by atoms with Crippen molar-refractivity contribution >= 4 is 0 Å². The van der Waals surface area contributed by atoms with Crippen LogP contribution < -0.4 is 0 Å². The maximum absolute atomic E-state index is 10.2. The van der Waals surface area contributed by atoms with E-state index in [-0.39, 0.29) is 23.0 Å². The average molecular weight is 294 g/mol. The fourth-order valence-corrected chi connectivity index (χ4v) is 2.39. The molecule has 0 spiro atoms. The summed E-state index contributed by atoms with van der Waals surface area (Å²) in [5.41, 5.74) is 2.01. The van der Waals surface area contributed by atoms with Crippen molar-refractivity contribution in [3.8, 4) is 45.3 Å². The van der Waals surface area contributed by atoms with Crippen molar-refractivity contribution in [1.82, 2.24) is 0 Å². The molecule has 0 atom stereocenters. The zero-order chi connectivity index (χ0) is 15.7. The molecular formula is C18H14O4. The average Bonchev–Trinajstić information content (AvgIpc) is 2.49. The molecule has 0 aromatic heterocycles. The van der Waals surface area contributed by atoms with Crippen molar-refractivity contribution in [2.75, 3.05) is 0 Å². The van der Waals surface area contributed by atoms with E-state index < -0.39 is 0 Å². The molecular weight excluding hydrogens is 280 g/mol. The van der Waals surface area contributed by atoms with Crippen LogP contribution in [-0.4, -0.2) is 20.4 Å². The molecule has 22 heavy (non-hydrogen) atoms. The lowest BCUT2D eigenvalue weighted by Gasteiger charge is -2.11. The van der Waals surface area contributed by atoms with Gasteiger partial charge >= 0.3 is 0 Å². The Bertz CT molecular complexity index is 769. The fourth-order valence-electron chi connectivity index (χ4n) is 2.39. The second kappa shape index (κ2) is 5.33. The van der Waals surface area contributed by atoms with E-state index in [4.69, 9.17) is 0 Å². The minimum absolute atomic E-state index is 0.0262. The molecule has 3 rings (SSSR count). The van der Waals surface area contributed by atoms with E-state index in [1.54, 1.807) is 24.3 Å². The molecule has 3 aromatic carbocycles. The summed E-state index contributed by atoms with van der Waals surface area (Å²) >= 11 is 0. The van der Waals surface area contributed by atoms with E-state index in [2.05, 4.69) is 0 Å². The Morgan fingerprint density at radius 1 is 0.500 bits per heavy atom. The molecule has 0 aliphatic rings. The first kappa shape index (κ1) is 13.8. The minimum Gasteiger partial charge on any atom is -0.508 e. The van der Waals surface area contributed by atoms with Crippen molar-refractivity contribution in [3.63, 3.8) is 0 Å². The number of aromatic hydroxyl groups is 4. The van der Waals surface area contributed by atoms with E-state index in [9.17, 15) is 20.4 Å². The van der Waals surface area contributed by atoms with E-state index in [1.165, 1.54) is 36.4 Å². The summed E-state index contributed by atoms with van der Waals surface area (Å²) in [4.78, 5) is 0. The van der Waals surface area contributed by atoms with Crippen molar-refractivity contribution < 1.29 is 20.4 Å². The predicted octanol–water partition coefficient (Wildman–Crippen LogP) is 3.84. The van der Waals surface area contributed by atoms with Crippen LogP contribution in [0.15, 0.2) is 60.7 Å². The van der Waals surface area contributed by atoms with Gasteiger partial charge in [-0.05, 0) is 47.5 Å². The summed E-state index contributed by atoms with van der Waals surface area (Å²) in [5, 5.41) is 39.5. The van der Waals surface area contributed by atoms with Crippen LogP contribution in [0, 0.1) is 0 Å². The van der Waals surface area contributed by atoms with Crippen molar-refractivity contribution in [2.24, 2.45) is 0 Å². The van der Waals surface area contributed by atoms with Gasteiger partial charge in [0.05, 0.1) is 0 Å². The van der Waals surface area contributed by atoms with Crippen LogP contribution in [-0.2, 0) is 0 Å². The summed E-state index contributed by atoms with van der Waals surface area (Å²) in [7, 11) is 0. The Morgan fingerprint density at radius 2 is 0.909 bits per heavy atom. The summed E-state index contributed by atoms with van der Waals surface area (Å²) in [6.45, 7) is 0. The minimum atomic E-state index is -0.0262. The number of benzene rings is 3. The van der Waals surface area contributed by atoms with Gasteiger partial charge in [0.25, 0.3) is 0 Å². The zero-order valence-corrected chi connectivity index (χ0v) is 11.6. The molecule has 4 N–H and O–H groups in total. The molecule has 4 heteroatoms. The standard InChI is InChI=1S/C18H14O4/c19-13-5-1-3-11(7-13)15-9-18(22)16(10-17(15)21)12-4-2-6-14(20)8-12/h1-10,19-22H. The maximum Gasteiger partial charge on any atom is 0.124 e. The van der Waals surface area contributed by atoms with Crippen molar-refractivity contribution in [2.45, 2.75) is 0 Å². The Balaban J connectivity index is 2.13. The number of hydrogen-bond acceptors (Lipinski definition) is 4. The lowest BCUT2D eigenvalue weighted by atomic mass is 9.98. The second-order valence-electron chi connectivity index (χ2n) is 4.99. The molecule has 0 aliphatic carbocycles. The molecule has 4 nitrogen and oxygen atoms in total. The molecule has 110 valence electrons. The number of rotatable bonds is 2. The zero-order valence-electron chi connectivity index (χ0n) is 11.6. The van der Waals surface area contributed by atoms with Crippen LogP contribution in [0.2, 0.25) is 0 Å². The normalized spacial score (nSPS) is 10.5. The van der Waals surface area contributed by atoms with E-state index >= 15 is 0 Å². The van der Waals surface area contributed by atoms with Gasteiger partial charge in [-0.3, -0.25) is 0 Å². The van der Waals surface area contributed by atoms with Crippen LogP contribution in [0.5, 0.6) is 23.0 Å². The number of phenolic OH excluding ortho intramolecular Hbond substituents is 4. The van der Waals surface area contributed by atoms with Crippen molar-refractivity contribution in [1.29, 1.82) is 0 Å². The van der Waals surface area contributed by atoms with Gasteiger partial charge in [0.1, 0.15) is 23.0 Å². The molecule has 0 aliphatic heterocycles. The Labute approximate surface area is 127 Å². The molecule has 0 amide bonds. The SMILES string of the molecule is Oc1cccc(-c2cc(O)c(-c3cccc(O)c3)cc2O)c1. The monoisotopic (exact) mass is 294 g/mol. The molecule has 0 heterocycles. The highest BCUT2D eigenvalue weighted by molar-refractivity contribution is 5.81. The Kier molecular flexibility index (Phi) is 3.35. The summed E-state index contributed by atoms with van der Waals surface area (Å²) in [6, 6.07) is 15.7. The number of hydrogen-bond donors (Lipinski definition) is 4. The van der Waals surface area contributed by atoms with E-state index in [1.807, 2.05) is 0 Å². The molecule has 0 saturated heterocycles. The maximum atomic E-state index is 10.2. The highest BCUT2D eigenvalue weighted by atomic mass is 16.3. The summed E-state index contributed by atoms with van der Waals surface area (Å²) in [6.07, 6.45) is 0. The lowest BCUT2D eigenvalue weighted by Crippen LogP contribution is -1.84. The quantitative estimate of drug-likeness (QED) is 0.541. The van der Waals surface area contributed by atoms with Gasteiger partial charge < -0.3 is 20.4 Å². The third-order valence-electron chi connectivity index (χ3n) is 3.43. The molecule has 3 aromatic rings.